The van der Waals surface area contributed by atoms with Crippen molar-refractivity contribution < 1.29 is 32.6 Å². The average Bonchev–Trinajstić information content (AvgIpc) is 3.52. The summed E-state index contributed by atoms with van der Waals surface area (Å²) in [5.41, 5.74) is 5.89. The molecule has 32 heavy (non-hydrogen) atoms. The van der Waals surface area contributed by atoms with E-state index in [1.165, 1.54) is 23.1 Å². The van der Waals surface area contributed by atoms with Crippen LogP contribution in [0.5, 0.6) is 5.75 Å². The number of hydrogen-bond donors (Lipinski definition) is 2. The molecule has 1 atom stereocenters. The van der Waals surface area contributed by atoms with Crippen LogP contribution >= 0.6 is 0 Å². The molecule has 9 nitrogen and oxygen atoms in total. The summed E-state index contributed by atoms with van der Waals surface area (Å²) in [6.45, 7) is -2.68. The lowest BCUT2D eigenvalue weighted by Gasteiger charge is -2.41. The molecule has 3 fully saturated rings. The highest BCUT2D eigenvalue weighted by atomic mass is 19.3. The van der Waals surface area contributed by atoms with Gasteiger partial charge in [0, 0.05) is 30.4 Å². The van der Waals surface area contributed by atoms with Gasteiger partial charge in [-0.05, 0) is 37.8 Å². The van der Waals surface area contributed by atoms with Gasteiger partial charge in [0.15, 0.2) is 11.8 Å². The molecular formula is C21H26F2N4O5. The molecule has 0 radical (unpaired) electrons. The van der Waals surface area contributed by atoms with Gasteiger partial charge in [-0.1, -0.05) is 6.42 Å². The van der Waals surface area contributed by atoms with Gasteiger partial charge in [-0.25, -0.2) is 0 Å². The Morgan fingerprint density at radius 2 is 1.94 bits per heavy atom. The first-order valence-electron chi connectivity index (χ1n) is 10.7. The van der Waals surface area contributed by atoms with Crippen molar-refractivity contribution in [2.24, 2.45) is 5.73 Å². The summed E-state index contributed by atoms with van der Waals surface area (Å²) in [4.78, 5) is 40.6. The van der Waals surface area contributed by atoms with Gasteiger partial charge in [-0.15, -0.1) is 0 Å². The molecule has 0 unspecified atom stereocenters. The number of carbonyl (C=O) groups is 3. The van der Waals surface area contributed by atoms with E-state index in [0.29, 0.717) is 12.3 Å². The lowest BCUT2D eigenvalue weighted by Crippen LogP contribution is -2.58. The first kappa shape index (κ1) is 22.4. The molecule has 3 amide bonds. The molecular weight excluding hydrogens is 426 g/mol. The van der Waals surface area contributed by atoms with Gasteiger partial charge in [-0.3, -0.25) is 19.3 Å². The Morgan fingerprint density at radius 1 is 1.22 bits per heavy atom. The van der Waals surface area contributed by atoms with Crippen LogP contribution in [0.3, 0.4) is 0 Å². The summed E-state index contributed by atoms with van der Waals surface area (Å²) in [5.74, 6) is -2.10. The number of hydrogen-bond acceptors (Lipinski definition) is 6. The van der Waals surface area contributed by atoms with Crippen molar-refractivity contribution in [3.63, 3.8) is 0 Å². The number of nitrogens with one attached hydrogen (secondary N) is 1. The Hall–Kier alpha value is -2.79. The monoisotopic (exact) mass is 452 g/mol. The molecule has 0 spiro atoms. The van der Waals surface area contributed by atoms with Crippen molar-refractivity contribution in [1.29, 1.82) is 0 Å². The van der Waals surface area contributed by atoms with E-state index in [2.05, 4.69) is 10.1 Å². The number of amides is 3. The summed E-state index contributed by atoms with van der Waals surface area (Å²) in [7, 11) is 0. The molecule has 4 rings (SSSR count). The van der Waals surface area contributed by atoms with Crippen LogP contribution in [-0.4, -0.2) is 67.1 Å². The molecule has 0 aromatic heterocycles. The number of morpholine rings is 1. The predicted molar refractivity (Wildman–Crippen MR) is 110 cm³/mol. The van der Waals surface area contributed by atoms with Gasteiger partial charge < -0.3 is 25.4 Å². The first-order valence-corrected chi connectivity index (χ1v) is 10.7. The molecule has 3 aliphatic rings. The summed E-state index contributed by atoms with van der Waals surface area (Å²) in [6.07, 6.45) is 4.56. The van der Waals surface area contributed by atoms with Crippen LogP contribution in [0, 0.1) is 0 Å². The fourth-order valence-electron chi connectivity index (χ4n) is 4.16. The number of ether oxygens (including phenoxy) is 2. The number of rotatable bonds is 9. The van der Waals surface area contributed by atoms with Gasteiger partial charge in [0.2, 0.25) is 5.91 Å². The van der Waals surface area contributed by atoms with E-state index in [0.717, 1.165) is 32.1 Å². The normalized spacial score (nSPS) is 20.2. The number of nitrogens with two attached hydrogens (primary N) is 1. The smallest absolute Gasteiger partial charge is 0.387 e. The second kappa shape index (κ2) is 9.37. The van der Waals surface area contributed by atoms with Crippen molar-refractivity contribution in [2.45, 2.75) is 56.8 Å². The van der Waals surface area contributed by atoms with Crippen molar-refractivity contribution >= 4 is 29.1 Å². The second-order valence-corrected chi connectivity index (χ2v) is 8.21. The first-order chi connectivity index (χ1) is 15.3. The van der Waals surface area contributed by atoms with Crippen LogP contribution < -0.4 is 20.7 Å². The van der Waals surface area contributed by atoms with Crippen LogP contribution in [0.2, 0.25) is 0 Å². The number of anilines is 2. The van der Waals surface area contributed by atoms with Gasteiger partial charge in [0.05, 0.1) is 12.3 Å². The van der Waals surface area contributed by atoms with Gasteiger partial charge in [0.1, 0.15) is 6.61 Å². The molecule has 3 N–H and O–H groups in total. The minimum absolute atomic E-state index is 0.0321. The second-order valence-electron chi connectivity index (χ2n) is 8.21. The summed E-state index contributed by atoms with van der Waals surface area (Å²) < 4.78 is 35.8. The Morgan fingerprint density at radius 3 is 2.50 bits per heavy atom. The zero-order chi connectivity index (χ0) is 22.8. The fraction of sp³-hybridized carbons (Fsp3) is 0.571. The van der Waals surface area contributed by atoms with E-state index >= 15 is 0 Å². The molecule has 1 aromatic rings. The van der Waals surface area contributed by atoms with Gasteiger partial charge >= 0.3 is 6.61 Å². The molecule has 1 heterocycles. The Bertz CT molecular complexity index is 891. The minimum atomic E-state index is -3.15. The van der Waals surface area contributed by atoms with E-state index in [-0.39, 0.29) is 42.6 Å². The number of carbonyl (C=O) groups excluding carboxylic acids is 3. The fourth-order valence-corrected chi connectivity index (χ4v) is 4.16. The largest absolute Gasteiger partial charge is 0.433 e. The molecule has 1 aliphatic heterocycles. The topological polar surface area (TPSA) is 114 Å². The highest BCUT2D eigenvalue weighted by Crippen LogP contribution is 2.38. The Balaban J connectivity index is 1.57. The van der Waals surface area contributed by atoms with Crippen LogP contribution in [0.25, 0.3) is 0 Å². The molecule has 2 aliphatic carbocycles. The zero-order valence-electron chi connectivity index (χ0n) is 17.5. The maximum absolute atomic E-state index is 13.1. The summed E-state index contributed by atoms with van der Waals surface area (Å²) in [5, 5.41) is 2.54. The van der Waals surface area contributed by atoms with E-state index in [9.17, 15) is 23.2 Å². The lowest BCUT2D eigenvalue weighted by molar-refractivity contribution is -0.135. The molecule has 11 heteroatoms. The quantitative estimate of drug-likeness (QED) is 0.549. The SMILES string of the molecule is NC(=O)[C@@H](C(=O)Nc1ccc(N2CCOCC2=O)cc1OC(F)F)N(C1CCC1)C1CC1. The number of halogens is 2. The van der Waals surface area contributed by atoms with E-state index in [4.69, 9.17) is 10.5 Å². The van der Waals surface area contributed by atoms with Crippen molar-refractivity contribution in [2.75, 3.05) is 30.0 Å². The van der Waals surface area contributed by atoms with Crippen LogP contribution in [-0.2, 0) is 19.1 Å². The summed E-state index contributed by atoms with van der Waals surface area (Å²) in [6, 6.07) is 3.17. The summed E-state index contributed by atoms with van der Waals surface area (Å²) >= 11 is 0. The van der Waals surface area contributed by atoms with Crippen molar-refractivity contribution in [3.05, 3.63) is 18.2 Å². The Labute approximate surface area is 183 Å². The van der Waals surface area contributed by atoms with E-state index < -0.39 is 24.5 Å². The van der Waals surface area contributed by atoms with Gasteiger partial charge in [0.25, 0.3) is 11.8 Å². The van der Waals surface area contributed by atoms with Gasteiger partial charge in [-0.2, -0.15) is 8.78 Å². The number of alkyl halides is 2. The van der Waals surface area contributed by atoms with Crippen molar-refractivity contribution in [3.8, 4) is 5.75 Å². The highest BCUT2D eigenvalue weighted by Gasteiger charge is 2.45. The van der Waals surface area contributed by atoms with E-state index in [1.54, 1.807) is 0 Å². The number of nitrogens with zero attached hydrogens (tertiary/aromatic N) is 2. The third-order valence-corrected chi connectivity index (χ3v) is 6.02. The third-order valence-electron chi connectivity index (χ3n) is 6.02. The molecule has 1 saturated heterocycles. The molecule has 1 aromatic carbocycles. The average molecular weight is 452 g/mol. The minimum Gasteiger partial charge on any atom is -0.433 e. The maximum atomic E-state index is 13.1. The van der Waals surface area contributed by atoms with Crippen LogP contribution in [0.4, 0.5) is 20.2 Å². The zero-order valence-corrected chi connectivity index (χ0v) is 17.5. The maximum Gasteiger partial charge on any atom is 0.387 e. The van der Waals surface area contributed by atoms with Crippen LogP contribution in [0.15, 0.2) is 18.2 Å². The number of benzene rings is 1. The molecule has 174 valence electrons. The lowest BCUT2D eigenvalue weighted by atomic mass is 9.89. The highest BCUT2D eigenvalue weighted by molar-refractivity contribution is 6.10. The predicted octanol–water partition coefficient (Wildman–Crippen LogP) is 1.46. The number of primary amides is 1. The van der Waals surface area contributed by atoms with Crippen molar-refractivity contribution in [1.82, 2.24) is 4.90 Å². The molecule has 2 saturated carbocycles. The standard InChI is InChI=1S/C21H26F2N4O5/c22-21(23)32-16-10-14(26-8-9-31-11-17(26)28)6-7-15(16)25-20(30)18(19(24)29)27(13-4-5-13)12-2-1-3-12/h6-7,10,12-13,18,21H,1-5,8-9,11H2,(H2,24,29)(H,25,30)/t18-/m0/s1. The third kappa shape index (κ3) is 4.83. The Kier molecular flexibility index (Phi) is 6.56. The van der Waals surface area contributed by atoms with E-state index in [1.807, 2.05) is 4.90 Å². The van der Waals surface area contributed by atoms with Crippen LogP contribution in [0.1, 0.15) is 32.1 Å². The molecule has 0 bridgehead atoms.